The molecule has 0 aliphatic heterocycles. The maximum atomic E-state index is 10.8. The van der Waals surface area contributed by atoms with Crippen LogP contribution in [0.4, 0.5) is 11.4 Å². The summed E-state index contributed by atoms with van der Waals surface area (Å²) in [6, 6.07) is 4.76. The van der Waals surface area contributed by atoms with Crippen molar-refractivity contribution in [1.82, 2.24) is 0 Å². The molecule has 5 nitrogen and oxygen atoms in total. The number of aryl methyl sites for hydroxylation is 1. The highest BCUT2D eigenvalue weighted by molar-refractivity contribution is 5.56. The second kappa shape index (κ2) is 5.79. The number of nitro groups is 1. The Morgan fingerprint density at radius 1 is 1.45 bits per heavy atom. The average molecular weight is 278 g/mol. The van der Waals surface area contributed by atoms with E-state index in [2.05, 4.69) is 12.2 Å². The van der Waals surface area contributed by atoms with E-state index in [9.17, 15) is 15.2 Å². The number of aliphatic hydroxyl groups is 1. The lowest BCUT2D eigenvalue weighted by Crippen LogP contribution is -2.40. The predicted octanol–water partition coefficient (Wildman–Crippen LogP) is 3.26. The molecule has 0 amide bonds. The van der Waals surface area contributed by atoms with Gasteiger partial charge >= 0.3 is 0 Å². The van der Waals surface area contributed by atoms with E-state index in [0.717, 1.165) is 36.9 Å². The molecule has 5 heteroatoms. The van der Waals surface area contributed by atoms with Crippen LogP contribution in [0.15, 0.2) is 18.2 Å². The molecule has 2 N–H and O–H groups in total. The number of benzene rings is 1. The van der Waals surface area contributed by atoms with E-state index in [1.165, 1.54) is 12.1 Å². The molecule has 0 atom stereocenters. The SMILES string of the molecule is Cc1ccc([N+](=O)[O-])cc1NCC1(O)CCC(C)CC1. The zero-order chi connectivity index (χ0) is 14.8. The lowest BCUT2D eigenvalue weighted by Gasteiger charge is -2.35. The average Bonchev–Trinajstić information content (AvgIpc) is 2.41. The van der Waals surface area contributed by atoms with Gasteiger partial charge in [-0.1, -0.05) is 13.0 Å². The van der Waals surface area contributed by atoms with Crippen LogP contribution in [-0.4, -0.2) is 22.2 Å². The van der Waals surface area contributed by atoms with Crippen molar-refractivity contribution in [2.24, 2.45) is 5.92 Å². The number of hydrogen-bond donors (Lipinski definition) is 2. The van der Waals surface area contributed by atoms with E-state index in [4.69, 9.17) is 0 Å². The Morgan fingerprint density at radius 3 is 2.70 bits per heavy atom. The van der Waals surface area contributed by atoms with Gasteiger partial charge in [-0.2, -0.15) is 0 Å². The maximum absolute atomic E-state index is 10.8. The van der Waals surface area contributed by atoms with Gasteiger partial charge in [-0.3, -0.25) is 10.1 Å². The Balaban J connectivity index is 2.03. The van der Waals surface area contributed by atoms with Crippen LogP contribution < -0.4 is 5.32 Å². The quantitative estimate of drug-likeness (QED) is 0.654. The van der Waals surface area contributed by atoms with Crippen molar-refractivity contribution < 1.29 is 10.0 Å². The number of anilines is 1. The molecule has 110 valence electrons. The second-order valence-corrected chi connectivity index (χ2v) is 6.02. The fourth-order valence-electron chi connectivity index (χ4n) is 2.65. The van der Waals surface area contributed by atoms with Crippen molar-refractivity contribution in [3.05, 3.63) is 33.9 Å². The summed E-state index contributed by atoms with van der Waals surface area (Å²) >= 11 is 0. The summed E-state index contributed by atoms with van der Waals surface area (Å²) in [5.41, 5.74) is 1.06. The smallest absolute Gasteiger partial charge is 0.271 e. The van der Waals surface area contributed by atoms with E-state index in [1.54, 1.807) is 6.07 Å². The number of nitrogens with one attached hydrogen (secondary N) is 1. The Hall–Kier alpha value is -1.62. The molecule has 0 heterocycles. The molecule has 20 heavy (non-hydrogen) atoms. The highest BCUT2D eigenvalue weighted by atomic mass is 16.6. The van der Waals surface area contributed by atoms with E-state index >= 15 is 0 Å². The molecule has 2 rings (SSSR count). The summed E-state index contributed by atoms with van der Waals surface area (Å²) in [6.45, 7) is 4.55. The van der Waals surface area contributed by atoms with Gasteiger partial charge in [0.25, 0.3) is 5.69 Å². The summed E-state index contributed by atoms with van der Waals surface area (Å²) in [4.78, 5) is 10.4. The van der Waals surface area contributed by atoms with Crippen LogP contribution in [0.5, 0.6) is 0 Å². The second-order valence-electron chi connectivity index (χ2n) is 6.02. The topological polar surface area (TPSA) is 75.4 Å². The summed E-state index contributed by atoms with van der Waals surface area (Å²) in [6.07, 6.45) is 3.64. The molecule has 0 aromatic heterocycles. The molecular formula is C15H22N2O3. The van der Waals surface area contributed by atoms with Crippen molar-refractivity contribution in [3.63, 3.8) is 0 Å². The van der Waals surface area contributed by atoms with Crippen LogP contribution in [-0.2, 0) is 0 Å². The standard InChI is InChI=1S/C15H22N2O3/c1-11-5-7-15(18,8-6-11)10-16-14-9-13(17(19)20)4-3-12(14)2/h3-4,9,11,16,18H,5-8,10H2,1-2H3. The molecule has 1 aromatic carbocycles. The first-order chi connectivity index (χ1) is 9.39. The van der Waals surface area contributed by atoms with Crippen molar-refractivity contribution in [3.8, 4) is 0 Å². The fraction of sp³-hybridized carbons (Fsp3) is 0.600. The van der Waals surface area contributed by atoms with Crippen LogP contribution >= 0.6 is 0 Å². The first-order valence-electron chi connectivity index (χ1n) is 7.11. The van der Waals surface area contributed by atoms with Gasteiger partial charge in [0.15, 0.2) is 0 Å². The molecule has 0 unspecified atom stereocenters. The molecule has 0 saturated heterocycles. The largest absolute Gasteiger partial charge is 0.388 e. The summed E-state index contributed by atoms with van der Waals surface area (Å²) < 4.78 is 0. The first-order valence-corrected chi connectivity index (χ1v) is 7.11. The minimum absolute atomic E-state index is 0.0716. The van der Waals surface area contributed by atoms with Gasteiger partial charge in [0.05, 0.1) is 10.5 Å². The van der Waals surface area contributed by atoms with Gasteiger partial charge in [-0.25, -0.2) is 0 Å². The lowest BCUT2D eigenvalue weighted by molar-refractivity contribution is -0.384. The Kier molecular flexibility index (Phi) is 4.28. The monoisotopic (exact) mass is 278 g/mol. The molecular weight excluding hydrogens is 256 g/mol. The Bertz CT molecular complexity index is 494. The van der Waals surface area contributed by atoms with Crippen molar-refractivity contribution in [2.45, 2.75) is 45.1 Å². The van der Waals surface area contributed by atoms with Gasteiger partial charge < -0.3 is 10.4 Å². The molecule has 1 aliphatic carbocycles. The van der Waals surface area contributed by atoms with Gasteiger partial charge in [0, 0.05) is 24.4 Å². The Labute approximate surface area is 119 Å². The van der Waals surface area contributed by atoms with E-state index in [-0.39, 0.29) is 5.69 Å². The number of nitro benzene ring substituents is 1. The predicted molar refractivity (Wildman–Crippen MR) is 78.9 cm³/mol. The van der Waals surface area contributed by atoms with E-state index < -0.39 is 10.5 Å². The molecule has 0 radical (unpaired) electrons. The lowest BCUT2D eigenvalue weighted by atomic mass is 9.79. The number of nitrogens with zero attached hydrogens (tertiary/aromatic N) is 1. The zero-order valence-electron chi connectivity index (χ0n) is 12.1. The molecule has 1 aliphatic rings. The summed E-state index contributed by atoms with van der Waals surface area (Å²) in [5, 5.41) is 24.5. The molecule has 0 spiro atoms. The highest BCUT2D eigenvalue weighted by Crippen LogP contribution is 2.32. The molecule has 1 saturated carbocycles. The van der Waals surface area contributed by atoms with Crippen LogP contribution in [0.3, 0.4) is 0 Å². The third-order valence-electron chi connectivity index (χ3n) is 4.24. The van der Waals surface area contributed by atoms with Crippen LogP contribution in [0.25, 0.3) is 0 Å². The van der Waals surface area contributed by atoms with Gasteiger partial charge in [-0.15, -0.1) is 0 Å². The third kappa shape index (κ3) is 3.48. The molecule has 1 aromatic rings. The number of non-ortho nitro benzene ring substituents is 1. The summed E-state index contributed by atoms with van der Waals surface area (Å²) in [7, 11) is 0. The van der Waals surface area contributed by atoms with E-state index in [0.29, 0.717) is 12.5 Å². The third-order valence-corrected chi connectivity index (χ3v) is 4.24. The highest BCUT2D eigenvalue weighted by Gasteiger charge is 2.31. The van der Waals surface area contributed by atoms with Gasteiger partial charge in [-0.05, 0) is 44.1 Å². The van der Waals surface area contributed by atoms with Crippen molar-refractivity contribution in [2.75, 3.05) is 11.9 Å². The fourth-order valence-corrected chi connectivity index (χ4v) is 2.65. The maximum Gasteiger partial charge on any atom is 0.271 e. The molecule has 1 fully saturated rings. The Morgan fingerprint density at radius 2 is 2.10 bits per heavy atom. The van der Waals surface area contributed by atoms with Gasteiger partial charge in [0.2, 0.25) is 0 Å². The minimum Gasteiger partial charge on any atom is -0.388 e. The number of rotatable bonds is 4. The minimum atomic E-state index is -0.691. The van der Waals surface area contributed by atoms with Crippen molar-refractivity contribution in [1.29, 1.82) is 0 Å². The van der Waals surface area contributed by atoms with E-state index in [1.807, 2.05) is 6.92 Å². The molecule has 0 bridgehead atoms. The van der Waals surface area contributed by atoms with Crippen LogP contribution in [0.1, 0.15) is 38.2 Å². The van der Waals surface area contributed by atoms with Gasteiger partial charge in [0.1, 0.15) is 0 Å². The van der Waals surface area contributed by atoms with Crippen LogP contribution in [0, 0.1) is 23.0 Å². The first kappa shape index (κ1) is 14.8. The normalized spacial score (nSPS) is 26.2. The van der Waals surface area contributed by atoms with Crippen molar-refractivity contribution >= 4 is 11.4 Å². The zero-order valence-corrected chi connectivity index (χ0v) is 12.1. The number of hydrogen-bond acceptors (Lipinski definition) is 4. The van der Waals surface area contributed by atoms with Crippen LogP contribution in [0.2, 0.25) is 0 Å². The summed E-state index contributed by atoms with van der Waals surface area (Å²) in [5.74, 6) is 0.676.